The third-order valence-electron chi connectivity index (χ3n) is 1.58. The third-order valence-corrected chi connectivity index (χ3v) is 1.95. The normalized spacial score (nSPS) is 11.6. The molecule has 5 heteroatoms. The summed E-state index contributed by atoms with van der Waals surface area (Å²) in [5.74, 6) is -0.389. The summed E-state index contributed by atoms with van der Waals surface area (Å²) >= 11 is 9.68. The molecule has 0 aromatic heterocycles. The quantitative estimate of drug-likeness (QED) is 0.471. The van der Waals surface area contributed by atoms with Crippen molar-refractivity contribution in [1.82, 2.24) is 4.41 Å². The van der Waals surface area contributed by atoms with Crippen LogP contribution in [0.2, 0.25) is 0 Å². The molecule has 0 N–H and O–H groups in total. The third kappa shape index (κ3) is 2.89. The summed E-state index contributed by atoms with van der Waals surface area (Å²) in [7, 11) is 1.60. The van der Waals surface area contributed by atoms with E-state index in [0.29, 0.717) is 0 Å². The van der Waals surface area contributed by atoms with Crippen LogP contribution in [0.4, 0.5) is 4.39 Å². The van der Waals surface area contributed by atoms with Crippen LogP contribution in [-0.4, -0.2) is 16.6 Å². The average molecular weight is 233 g/mol. The zero-order valence-corrected chi connectivity index (χ0v) is 9.48. The minimum Gasteiger partial charge on any atom is -0.244 e. The SMILES string of the molecule is Cc1ccc(F)c(C(Cl)=NN(C)S)c1. The van der Waals surface area contributed by atoms with Crippen LogP contribution < -0.4 is 0 Å². The number of hydrazone groups is 1. The van der Waals surface area contributed by atoms with Crippen molar-refractivity contribution in [3.05, 3.63) is 35.1 Å². The van der Waals surface area contributed by atoms with Gasteiger partial charge in [0, 0.05) is 12.6 Å². The van der Waals surface area contributed by atoms with Crippen molar-refractivity contribution < 1.29 is 4.39 Å². The van der Waals surface area contributed by atoms with Gasteiger partial charge in [0.15, 0.2) is 5.17 Å². The van der Waals surface area contributed by atoms with Gasteiger partial charge in [-0.1, -0.05) is 23.2 Å². The smallest absolute Gasteiger partial charge is 0.160 e. The number of rotatable bonds is 2. The molecular formula is C9H10ClFN2S. The molecule has 0 aliphatic heterocycles. The lowest BCUT2D eigenvalue weighted by Crippen LogP contribution is -2.03. The summed E-state index contributed by atoms with van der Waals surface area (Å²) in [4.78, 5) is 0. The fourth-order valence-electron chi connectivity index (χ4n) is 0.978. The molecule has 1 aromatic carbocycles. The maximum Gasteiger partial charge on any atom is 0.160 e. The Hall–Kier alpha value is -0.740. The highest BCUT2D eigenvalue weighted by Crippen LogP contribution is 2.14. The number of hydrogen-bond acceptors (Lipinski definition) is 3. The van der Waals surface area contributed by atoms with Gasteiger partial charge in [-0.15, -0.1) is 0 Å². The average Bonchev–Trinajstić information content (AvgIpc) is 2.08. The second-order valence-electron chi connectivity index (χ2n) is 2.86. The molecule has 0 bridgehead atoms. The maximum atomic E-state index is 13.3. The zero-order valence-electron chi connectivity index (χ0n) is 7.83. The van der Waals surface area contributed by atoms with E-state index in [1.807, 2.05) is 6.92 Å². The molecular weight excluding hydrogens is 223 g/mol. The van der Waals surface area contributed by atoms with Crippen molar-refractivity contribution >= 4 is 29.6 Å². The maximum absolute atomic E-state index is 13.3. The van der Waals surface area contributed by atoms with E-state index < -0.39 is 0 Å². The molecule has 0 radical (unpaired) electrons. The van der Waals surface area contributed by atoms with Gasteiger partial charge in [0.2, 0.25) is 0 Å². The molecule has 1 aromatic rings. The number of aryl methyl sites for hydroxylation is 1. The Balaban J connectivity index is 3.12. The molecule has 2 nitrogen and oxygen atoms in total. The lowest BCUT2D eigenvalue weighted by Gasteiger charge is -2.05. The molecule has 0 amide bonds. The monoisotopic (exact) mass is 232 g/mol. The molecule has 0 fully saturated rings. The van der Waals surface area contributed by atoms with Crippen LogP contribution in [0, 0.1) is 12.7 Å². The van der Waals surface area contributed by atoms with Gasteiger partial charge in [-0.25, -0.2) is 8.80 Å². The number of benzene rings is 1. The summed E-state index contributed by atoms with van der Waals surface area (Å²) < 4.78 is 14.5. The molecule has 0 saturated heterocycles. The Morgan fingerprint density at radius 1 is 1.57 bits per heavy atom. The fraction of sp³-hybridized carbons (Fsp3) is 0.222. The number of nitrogens with zero attached hydrogens (tertiary/aromatic N) is 2. The van der Waals surface area contributed by atoms with Gasteiger partial charge in [0.05, 0.1) is 0 Å². The second kappa shape index (κ2) is 4.66. The van der Waals surface area contributed by atoms with Crippen LogP contribution in [0.3, 0.4) is 0 Å². The highest BCUT2D eigenvalue weighted by atomic mass is 35.5. The van der Waals surface area contributed by atoms with Crippen LogP contribution in [0.5, 0.6) is 0 Å². The Morgan fingerprint density at radius 2 is 2.21 bits per heavy atom. The van der Waals surface area contributed by atoms with Gasteiger partial charge in [-0.05, 0) is 31.9 Å². The molecule has 14 heavy (non-hydrogen) atoms. The predicted octanol–water partition coefficient (Wildman–Crippen LogP) is 2.81. The van der Waals surface area contributed by atoms with Crippen molar-refractivity contribution in [2.75, 3.05) is 7.05 Å². The summed E-state index contributed by atoms with van der Waals surface area (Å²) in [5, 5.41) is 3.88. The molecule has 76 valence electrons. The van der Waals surface area contributed by atoms with Gasteiger partial charge in [-0.2, -0.15) is 5.10 Å². The highest BCUT2D eigenvalue weighted by molar-refractivity contribution is 7.77. The van der Waals surface area contributed by atoms with Crippen LogP contribution in [0.15, 0.2) is 23.3 Å². The van der Waals surface area contributed by atoms with Gasteiger partial charge in [0.1, 0.15) is 5.82 Å². The first kappa shape index (κ1) is 11.3. The first-order valence-electron chi connectivity index (χ1n) is 3.94. The molecule has 0 saturated carbocycles. The summed E-state index contributed by atoms with van der Waals surface area (Å²) in [6.45, 7) is 1.86. The van der Waals surface area contributed by atoms with E-state index in [1.54, 1.807) is 19.2 Å². The van der Waals surface area contributed by atoms with E-state index >= 15 is 0 Å². The van der Waals surface area contributed by atoms with E-state index in [2.05, 4.69) is 17.9 Å². The van der Waals surface area contributed by atoms with Crippen molar-refractivity contribution in [1.29, 1.82) is 0 Å². The van der Waals surface area contributed by atoms with Crippen molar-refractivity contribution in [3.63, 3.8) is 0 Å². The van der Waals surface area contributed by atoms with Crippen molar-refractivity contribution in [2.45, 2.75) is 6.92 Å². The lowest BCUT2D eigenvalue weighted by atomic mass is 10.1. The Bertz CT molecular complexity index is 366. The molecule has 0 unspecified atom stereocenters. The zero-order chi connectivity index (χ0) is 10.7. The van der Waals surface area contributed by atoms with Crippen molar-refractivity contribution in [3.8, 4) is 0 Å². The van der Waals surface area contributed by atoms with Gasteiger partial charge < -0.3 is 0 Å². The highest BCUT2D eigenvalue weighted by Gasteiger charge is 2.07. The second-order valence-corrected chi connectivity index (χ2v) is 3.80. The van der Waals surface area contributed by atoms with E-state index in [4.69, 9.17) is 11.6 Å². The molecule has 0 atom stereocenters. The summed E-state index contributed by atoms with van der Waals surface area (Å²) in [6.07, 6.45) is 0. The summed E-state index contributed by atoms with van der Waals surface area (Å²) in [5.41, 5.74) is 1.21. The Labute approximate surface area is 92.9 Å². The summed E-state index contributed by atoms with van der Waals surface area (Å²) in [6, 6.07) is 4.67. The Kier molecular flexibility index (Phi) is 3.77. The number of halogens is 2. The van der Waals surface area contributed by atoms with E-state index in [1.165, 1.54) is 10.5 Å². The van der Waals surface area contributed by atoms with Gasteiger partial charge in [0.25, 0.3) is 0 Å². The fourth-order valence-corrected chi connectivity index (χ4v) is 1.38. The first-order valence-corrected chi connectivity index (χ1v) is 4.71. The largest absolute Gasteiger partial charge is 0.244 e. The molecule has 0 aliphatic carbocycles. The first-order chi connectivity index (χ1) is 6.50. The minimum absolute atomic E-state index is 0.0868. The minimum atomic E-state index is -0.389. The van der Waals surface area contributed by atoms with Crippen molar-refractivity contribution in [2.24, 2.45) is 5.10 Å². The van der Waals surface area contributed by atoms with E-state index in [0.717, 1.165) is 5.56 Å². The van der Waals surface area contributed by atoms with E-state index in [9.17, 15) is 4.39 Å². The predicted molar refractivity (Wildman–Crippen MR) is 60.3 cm³/mol. The molecule has 0 aliphatic rings. The number of thiol groups is 1. The van der Waals surface area contributed by atoms with Crippen LogP contribution >= 0.6 is 24.4 Å². The lowest BCUT2D eigenvalue weighted by molar-refractivity contribution is 0.614. The van der Waals surface area contributed by atoms with Crippen LogP contribution in [0.1, 0.15) is 11.1 Å². The van der Waals surface area contributed by atoms with Gasteiger partial charge >= 0.3 is 0 Å². The molecule has 0 heterocycles. The topological polar surface area (TPSA) is 15.6 Å². The number of hydrogen-bond donors (Lipinski definition) is 1. The van der Waals surface area contributed by atoms with E-state index in [-0.39, 0.29) is 16.6 Å². The standard InChI is InChI=1S/C9H10ClFN2S/c1-6-3-4-8(11)7(5-6)9(10)12-13(2)14/h3-5,14H,1-2H3. The Morgan fingerprint density at radius 3 is 2.79 bits per heavy atom. The van der Waals surface area contributed by atoms with Gasteiger partial charge in [-0.3, -0.25) is 0 Å². The van der Waals surface area contributed by atoms with Crippen LogP contribution in [0.25, 0.3) is 0 Å². The molecule has 1 rings (SSSR count). The molecule has 0 spiro atoms. The van der Waals surface area contributed by atoms with Crippen LogP contribution in [-0.2, 0) is 0 Å².